The summed E-state index contributed by atoms with van der Waals surface area (Å²) in [6.45, 7) is 2.13. The van der Waals surface area contributed by atoms with Crippen LogP contribution in [0.15, 0.2) is 12.1 Å². The zero-order chi connectivity index (χ0) is 14.6. The molecule has 0 unspecified atom stereocenters. The van der Waals surface area contributed by atoms with Gasteiger partial charge in [0.25, 0.3) is 0 Å². The van der Waals surface area contributed by atoms with Crippen molar-refractivity contribution in [1.82, 2.24) is 4.90 Å². The molecule has 0 saturated heterocycles. The summed E-state index contributed by atoms with van der Waals surface area (Å²) in [6.07, 6.45) is 0. The molecule has 0 bridgehead atoms. The molecule has 7 heteroatoms. The van der Waals surface area contributed by atoms with Gasteiger partial charge in [-0.2, -0.15) is 0 Å². The first-order valence-electron chi connectivity index (χ1n) is 5.63. The van der Waals surface area contributed by atoms with E-state index in [-0.39, 0.29) is 28.7 Å². The maximum absolute atomic E-state index is 13.7. The van der Waals surface area contributed by atoms with Crippen molar-refractivity contribution in [2.45, 2.75) is 6.92 Å². The highest BCUT2D eigenvalue weighted by molar-refractivity contribution is 7.80. The van der Waals surface area contributed by atoms with Gasteiger partial charge in [0.05, 0.1) is 6.54 Å². The second-order valence-corrected chi connectivity index (χ2v) is 4.38. The minimum absolute atomic E-state index is 0.0915. The molecule has 0 saturated carbocycles. The van der Waals surface area contributed by atoms with Crippen LogP contribution in [0.3, 0.4) is 0 Å². The van der Waals surface area contributed by atoms with Crippen LogP contribution in [0.4, 0.5) is 14.5 Å². The summed E-state index contributed by atoms with van der Waals surface area (Å²) in [5.41, 5.74) is 5.04. The fourth-order valence-corrected chi connectivity index (χ4v) is 1.48. The van der Waals surface area contributed by atoms with Crippen LogP contribution in [0.25, 0.3) is 0 Å². The average Bonchev–Trinajstić information content (AvgIpc) is 2.36. The minimum Gasteiger partial charge on any atom is -0.389 e. The third-order valence-corrected chi connectivity index (χ3v) is 2.88. The SMILES string of the molecule is CCN(C)C(=O)CNc1c(F)cc(C(N)=S)cc1F. The molecule has 0 aliphatic heterocycles. The molecule has 0 radical (unpaired) electrons. The Kier molecular flexibility index (Phi) is 5.17. The summed E-state index contributed by atoms with van der Waals surface area (Å²) in [6, 6.07) is 2.06. The normalized spacial score (nSPS) is 10.1. The highest BCUT2D eigenvalue weighted by Crippen LogP contribution is 2.20. The maximum atomic E-state index is 13.7. The van der Waals surface area contributed by atoms with Gasteiger partial charge < -0.3 is 16.0 Å². The summed E-state index contributed by atoms with van der Waals surface area (Å²) < 4.78 is 27.3. The van der Waals surface area contributed by atoms with Gasteiger partial charge in [0.1, 0.15) is 22.3 Å². The van der Waals surface area contributed by atoms with Crippen molar-refractivity contribution in [2.24, 2.45) is 5.73 Å². The number of carbonyl (C=O) groups is 1. The van der Waals surface area contributed by atoms with E-state index < -0.39 is 11.6 Å². The standard InChI is InChI=1S/C12H15F2N3OS/c1-3-17(2)10(18)6-16-11-8(13)4-7(12(15)19)5-9(11)14/h4-5,16H,3,6H2,1-2H3,(H2,15,19). The number of likely N-dealkylation sites (N-methyl/N-ethyl adjacent to an activating group) is 1. The van der Waals surface area contributed by atoms with E-state index in [1.807, 2.05) is 0 Å². The van der Waals surface area contributed by atoms with Crippen LogP contribution in [-0.4, -0.2) is 35.9 Å². The van der Waals surface area contributed by atoms with E-state index in [1.165, 1.54) is 4.90 Å². The number of hydrogen-bond donors (Lipinski definition) is 2. The van der Waals surface area contributed by atoms with Gasteiger partial charge in [-0.3, -0.25) is 4.79 Å². The fraction of sp³-hybridized carbons (Fsp3) is 0.333. The van der Waals surface area contributed by atoms with E-state index in [2.05, 4.69) is 17.5 Å². The van der Waals surface area contributed by atoms with Crippen molar-refractivity contribution in [3.8, 4) is 0 Å². The largest absolute Gasteiger partial charge is 0.389 e. The lowest BCUT2D eigenvalue weighted by Gasteiger charge is -2.16. The molecule has 1 aromatic rings. The smallest absolute Gasteiger partial charge is 0.241 e. The Hall–Kier alpha value is -1.76. The zero-order valence-electron chi connectivity index (χ0n) is 10.7. The van der Waals surface area contributed by atoms with Crippen LogP contribution in [0, 0.1) is 11.6 Å². The highest BCUT2D eigenvalue weighted by Gasteiger charge is 2.14. The Balaban J connectivity index is 2.85. The van der Waals surface area contributed by atoms with Crippen molar-refractivity contribution >= 4 is 28.8 Å². The third-order valence-electron chi connectivity index (χ3n) is 2.64. The average molecular weight is 287 g/mol. The molecule has 0 spiro atoms. The molecule has 4 nitrogen and oxygen atoms in total. The van der Waals surface area contributed by atoms with Crippen LogP contribution >= 0.6 is 12.2 Å². The lowest BCUT2D eigenvalue weighted by atomic mass is 10.2. The predicted octanol–water partition coefficient (Wildman–Crippen LogP) is 1.49. The Bertz CT molecular complexity index is 485. The molecular formula is C12H15F2N3OS. The van der Waals surface area contributed by atoms with Crippen LogP contribution in [0.2, 0.25) is 0 Å². The number of thiocarbonyl (C=S) groups is 1. The molecule has 104 valence electrons. The predicted molar refractivity (Wildman–Crippen MR) is 74.0 cm³/mol. The topological polar surface area (TPSA) is 58.4 Å². The van der Waals surface area contributed by atoms with Crippen molar-refractivity contribution < 1.29 is 13.6 Å². The van der Waals surface area contributed by atoms with Crippen molar-refractivity contribution in [3.05, 3.63) is 29.3 Å². The molecule has 0 aliphatic carbocycles. The summed E-state index contributed by atoms with van der Waals surface area (Å²) in [5, 5.41) is 2.44. The number of rotatable bonds is 5. The van der Waals surface area contributed by atoms with E-state index in [4.69, 9.17) is 5.73 Å². The number of halogens is 2. The molecular weight excluding hydrogens is 272 g/mol. The first kappa shape index (κ1) is 15.3. The Morgan fingerprint density at radius 3 is 2.37 bits per heavy atom. The lowest BCUT2D eigenvalue weighted by molar-refractivity contribution is -0.127. The summed E-state index contributed by atoms with van der Waals surface area (Å²) in [5.74, 6) is -1.94. The first-order valence-corrected chi connectivity index (χ1v) is 6.04. The second kappa shape index (κ2) is 6.42. The zero-order valence-corrected chi connectivity index (χ0v) is 11.5. The number of nitrogens with two attached hydrogens (primary N) is 1. The quantitative estimate of drug-likeness (QED) is 0.806. The van der Waals surface area contributed by atoms with E-state index in [1.54, 1.807) is 14.0 Å². The number of benzene rings is 1. The molecule has 0 aromatic heterocycles. The van der Waals surface area contributed by atoms with Gasteiger partial charge in [-0.1, -0.05) is 12.2 Å². The highest BCUT2D eigenvalue weighted by atomic mass is 32.1. The Morgan fingerprint density at radius 1 is 1.42 bits per heavy atom. The molecule has 1 rings (SSSR count). The van der Waals surface area contributed by atoms with Crippen molar-refractivity contribution in [3.63, 3.8) is 0 Å². The van der Waals surface area contributed by atoms with Gasteiger partial charge in [0.15, 0.2) is 0 Å². The van der Waals surface area contributed by atoms with Gasteiger partial charge >= 0.3 is 0 Å². The fourth-order valence-electron chi connectivity index (χ4n) is 1.36. The number of nitrogens with one attached hydrogen (secondary N) is 1. The number of nitrogens with zero attached hydrogens (tertiary/aromatic N) is 1. The number of anilines is 1. The number of carbonyl (C=O) groups excluding carboxylic acids is 1. The van der Waals surface area contributed by atoms with E-state index in [0.717, 1.165) is 12.1 Å². The van der Waals surface area contributed by atoms with Crippen LogP contribution in [-0.2, 0) is 4.79 Å². The molecule has 19 heavy (non-hydrogen) atoms. The number of amides is 1. The summed E-state index contributed by atoms with van der Waals surface area (Å²) >= 11 is 4.64. The van der Waals surface area contributed by atoms with Crippen LogP contribution < -0.4 is 11.1 Å². The number of hydrogen-bond acceptors (Lipinski definition) is 3. The van der Waals surface area contributed by atoms with E-state index in [0.29, 0.717) is 6.54 Å². The van der Waals surface area contributed by atoms with Crippen LogP contribution in [0.1, 0.15) is 12.5 Å². The van der Waals surface area contributed by atoms with Gasteiger partial charge in [0, 0.05) is 19.2 Å². The lowest BCUT2D eigenvalue weighted by Crippen LogP contribution is -2.32. The molecule has 0 atom stereocenters. The molecule has 0 aliphatic rings. The monoisotopic (exact) mass is 287 g/mol. The maximum Gasteiger partial charge on any atom is 0.241 e. The second-order valence-electron chi connectivity index (χ2n) is 3.94. The van der Waals surface area contributed by atoms with E-state index >= 15 is 0 Å². The Labute approximate surface area is 115 Å². The molecule has 3 N–H and O–H groups in total. The summed E-state index contributed by atoms with van der Waals surface area (Å²) in [4.78, 5) is 12.9. The van der Waals surface area contributed by atoms with Crippen LogP contribution in [0.5, 0.6) is 0 Å². The third kappa shape index (κ3) is 3.85. The van der Waals surface area contributed by atoms with Crippen molar-refractivity contribution in [1.29, 1.82) is 0 Å². The minimum atomic E-state index is -0.838. The van der Waals surface area contributed by atoms with E-state index in [9.17, 15) is 13.6 Å². The molecule has 1 aromatic carbocycles. The molecule has 1 amide bonds. The first-order chi connectivity index (χ1) is 8.86. The summed E-state index contributed by atoms with van der Waals surface area (Å²) in [7, 11) is 1.60. The Morgan fingerprint density at radius 2 is 1.95 bits per heavy atom. The van der Waals surface area contributed by atoms with Gasteiger partial charge in [-0.25, -0.2) is 8.78 Å². The van der Waals surface area contributed by atoms with Gasteiger partial charge in [-0.15, -0.1) is 0 Å². The molecule has 0 heterocycles. The van der Waals surface area contributed by atoms with Gasteiger partial charge in [-0.05, 0) is 19.1 Å². The molecule has 0 fully saturated rings. The van der Waals surface area contributed by atoms with Gasteiger partial charge in [0.2, 0.25) is 5.91 Å². The van der Waals surface area contributed by atoms with Crippen molar-refractivity contribution in [2.75, 3.05) is 25.5 Å².